The number of nitrogens with one attached hydrogen (secondary N) is 1. The lowest BCUT2D eigenvalue weighted by atomic mass is 10.2. The van der Waals surface area contributed by atoms with Gasteiger partial charge in [0.2, 0.25) is 0 Å². The molecular formula is C15H15N3O3. The third kappa shape index (κ3) is 3.61. The number of hydrazine groups is 1. The highest BCUT2D eigenvalue weighted by Gasteiger charge is 2.14. The molecule has 0 unspecified atom stereocenters. The zero-order chi connectivity index (χ0) is 15.2. The number of nitrogen functional groups attached to an aromatic ring is 1. The molecule has 6 heteroatoms. The first-order valence-electron chi connectivity index (χ1n) is 6.33. The van der Waals surface area contributed by atoms with E-state index in [9.17, 15) is 4.79 Å². The van der Waals surface area contributed by atoms with Crippen LogP contribution in [-0.4, -0.2) is 5.91 Å². The normalized spacial score (nSPS) is 9.95. The summed E-state index contributed by atoms with van der Waals surface area (Å²) in [7, 11) is 0. The quantitative estimate of drug-likeness (QED) is 0.496. The highest BCUT2D eigenvalue weighted by Crippen LogP contribution is 2.18. The second-order valence-electron chi connectivity index (χ2n) is 4.42. The van der Waals surface area contributed by atoms with Gasteiger partial charge in [-0.2, -0.15) is 5.26 Å². The summed E-state index contributed by atoms with van der Waals surface area (Å²) in [6.07, 6.45) is 0.370. The molecule has 0 saturated heterocycles. The Balaban J connectivity index is 2.00. The van der Waals surface area contributed by atoms with E-state index < -0.39 is 5.91 Å². The van der Waals surface area contributed by atoms with Crippen molar-refractivity contribution >= 4 is 5.91 Å². The second kappa shape index (κ2) is 6.59. The molecule has 0 spiro atoms. The van der Waals surface area contributed by atoms with E-state index in [4.69, 9.17) is 20.3 Å². The molecule has 0 aliphatic heterocycles. The van der Waals surface area contributed by atoms with Crippen LogP contribution in [0.3, 0.4) is 0 Å². The summed E-state index contributed by atoms with van der Waals surface area (Å²) in [6.45, 7) is 1.89. The fourth-order valence-corrected chi connectivity index (χ4v) is 1.87. The molecule has 1 amide bonds. The van der Waals surface area contributed by atoms with Crippen LogP contribution in [0.1, 0.15) is 27.4 Å². The van der Waals surface area contributed by atoms with Crippen molar-refractivity contribution in [1.82, 2.24) is 5.43 Å². The monoisotopic (exact) mass is 285 g/mol. The summed E-state index contributed by atoms with van der Waals surface area (Å²) >= 11 is 0. The molecule has 6 nitrogen and oxygen atoms in total. The van der Waals surface area contributed by atoms with Crippen molar-refractivity contribution in [3.8, 4) is 11.8 Å². The Bertz CT molecular complexity index is 668. The Kier molecular flexibility index (Phi) is 4.59. The minimum atomic E-state index is -0.400. The van der Waals surface area contributed by atoms with Gasteiger partial charge in [-0.05, 0) is 30.7 Å². The molecule has 1 aromatic heterocycles. The third-order valence-corrected chi connectivity index (χ3v) is 2.93. The summed E-state index contributed by atoms with van der Waals surface area (Å²) in [5.74, 6) is 6.37. The number of furan rings is 1. The van der Waals surface area contributed by atoms with Crippen molar-refractivity contribution in [1.29, 1.82) is 5.26 Å². The molecule has 3 N–H and O–H groups in total. The zero-order valence-electron chi connectivity index (χ0n) is 11.6. The number of hydrogen-bond donors (Lipinski definition) is 2. The minimum absolute atomic E-state index is 0.205. The largest absolute Gasteiger partial charge is 0.486 e. The molecule has 108 valence electrons. The predicted octanol–water partition coefficient (Wildman–Crippen LogP) is 1.84. The summed E-state index contributed by atoms with van der Waals surface area (Å²) in [5, 5.41) is 8.60. The van der Waals surface area contributed by atoms with Crippen LogP contribution >= 0.6 is 0 Å². The number of ether oxygens (including phenoxy) is 1. The molecule has 0 saturated carbocycles. The molecule has 0 radical (unpaired) electrons. The first kappa shape index (κ1) is 14.6. The van der Waals surface area contributed by atoms with Gasteiger partial charge < -0.3 is 9.15 Å². The highest BCUT2D eigenvalue weighted by molar-refractivity contribution is 5.94. The Morgan fingerprint density at radius 2 is 2.14 bits per heavy atom. The lowest BCUT2D eigenvalue weighted by Gasteiger charge is -2.04. The van der Waals surface area contributed by atoms with Gasteiger partial charge in [0, 0.05) is 0 Å². The van der Waals surface area contributed by atoms with Crippen LogP contribution in [0, 0.1) is 18.3 Å². The summed E-state index contributed by atoms with van der Waals surface area (Å²) in [5.41, 5.74) is 3.38. The average Bonchev–Trinajstić information content (AvgIpc) is 2.87. The van der Waals surface area contributed by atoms with Crippen LogP contribution in [0.25, 0.3) is 0 Å². The third-order valence-electron chi connectivity index (χ3n) is 2.93. The van der Waals surface area contributed by atoms with Crippen molar-refractivity contribution in [2.24, 2.45) is 5.84 Å². The van der Waals surface area contributed by atoms with Gasteiger partial charge in [0.15, 0.2) is 0 Å². The van der Waals surface area contributed by atoms with Crippen molar-refractivity contribution in [2.45, 2.75) is 20.0 Å². The number of carbonyl (C=O) groups excluding carboxylic acids is 1. The molecule has 0 atom stereocenters. The Labute approximate surface area is 122 Å². The maximum atomic E-state index is 11.5. The minimum Gasteiger partial charge on any atom is -0.486 e. The van der Waals surface area contributed by atoms with Gasteiger partial charge in [0.05, 0.1) is 18.1 Å². The van der Waals surface area contributed by atoms with Gasteiger partial charge in [0.25, 0.3) is 5.91 Å². The van der Waals surface area contributed by atoms with Crippen molar-refractivity contribution in [3.63, 3.8) is 0 Å². The lowest BCUT2D eigenvalue weighted by Crippen LogP contribution is -2.30. The zero-order valence-corrected chi connectivity index (χ0v) is 11.6. The maximum Gasteiger partial charge on any atom is 0.268 e. The van der Waals surface area contributed by atoms with Crippen LogP contribution < -0.4 is 16.0 Å². The van der Waals surface area contributed by atoms with Crippen molar-refractivity contribution in [3.05, 3.63) is 53.0 Å². The number of hydrogen-bond acceptors (Lipinski definition) is 5. The SMILES string of the molecule is Cc1oc(COc2ccc(CC#N)cc2)cc1C(=O)NN. The number of carbonyl (C=O) groups is 1. The van der Waals surface area contributed by atoms with E-state index in [-0.39, 0.29) is 6.61 Å². The van der Waals surface area contributed by atoms with Crippen molar-refractivity contribution < 1.29 is 13.9 Å². The van der Waals surface area contributed by atoms with Crippen LogP contribution in [0.15, 0.2) is 34.7 Å². The average molecular weight is 285 g/mol. The Morgan fingerprint density at radius 3 is 2.76 bits per heavy atom. The second-order valence-corrected chi connectivity index (χ2v) is 4.42. The van der Waals surface area contributed by atoms with Gasteiger partial charge in [-0.15, -0.1) is 0 Å². The van der Waals surface area contributed by atoms with Crippen molar-refractivity contribution in [2.75, 3.05) is 0 Å². The van der Waals surface area contributed by atoms with Gasteiger partial charge in [0.1, 0.15) is 23.9 Å². The molecule has 1 heterocycles. The molecule has 2 rings (SSSR count). The molecule has 0 fully saturated rings. The predicted molar refractivity (Wildman–Crippen MR) is 75.2 cm³/mol. The van der Waals surface area contributed by atoms with Gasteiger partial charge in [-0.25, -0.2) is 5.84 Å². The van der Waals surface area contributed by atoms with Crippen LogP contribution in [-0.2, 0) is 13.0 Å². The number of nitriles is 1. The number of amides is 1. The van der Waals surface area contributed by atoms with E-state index in [1.54, 1.807) is 25.1 Å². The molecule has 0 bridgehead atoms. The van der Waals surface area contributed by atoms with Crippen LogP contribution in [0.4, 0.5) is 0 Å². The van der Waals surface area contributed by atoms with Gasteiger partial charge in [-0.1, -0.05) is 12.1 Å². The fraction of sp³-hybridized carbons (Fsp3) is 0.200. The van der Waals surface area contributed by atoms with E-state index in [2.05, 4.69) is 11.5 Å². The maximum absolute atomic E-state index is 11.5. The van der Waals surface area contributed by atoms with E-state index in [0.717, 1.165) is 5.56 Å². The molecule has 21 heavy (non-hydrogen) atoms. The Hall–Kier alpha value is -2.78. The molecular weight excluding hydrogens is 270 g/mol. The topological polar surface area (TPSA) is 101 Å². The first-order valence-corrected chi connectivity index (χ1v) is 6.33. The summed E-state index contributed by atoms with van der Waals surface area (Å²) in [4.78, 5) is 11.5. The van der Waals surface area contributed by atoms with Gasteiger partial charge >= 0.3 is 0 Å². The molecule has 0 aliphatic rings. The molecule has 0 aliphatic carbocycles. The van der Waals surface area contributed by atoms with E-state index >= 15 is 0 Å². The highest BCUT2D eigenvalue weighted by atomic mass is 16.5. The Morgan fingerprint density at radius 1 is 1.43 bits per heavy atom. The summed E-state index contributed by atoms with van der Waals surface area (Å²) < 4.78 is 11.0. The number of benzene rings is 1. The molecule has 2 aromatic rings. The van der Waals surface area contributed by atoms with E-state index in [1.807, 2.05) is 12.1 Å². The molecule has 1 aromatic carbocycles. The lowest BCUT2D eigenvalue weighted by molar-refractivity contribution is 0.0952. The first-order chi connectivity index (χ1) is 10.1. The smallest absolute Gasteiger partial charge is 0.268 e. The number of aryl methyl sites for hydroxylation is 1. The van der Waals surface area contributed by atoms with Crippen LogP contribution in [0.2, 0.25) is 0 Å². The van der Waals surface area contributed by atoms with Gasteiger partial charge in [-0.3, -0.25) is 10.2 Å². The fourth-order valence-electron chi connectivity index (χ4n) is 1.87. The van der Waals surface area contributed by atoms with Crippen LogP contribution in [0.5, 0.6) is 5.75 Å². The summed E-state index contributed by atoms with van der Waals surface area (Å²) in [6, 6.07) is 10.9. The number of nitrogens with zero attached hydrogens (tertiary/aromatic N) is 1. The number of rotatable bonds is 5. The number of nitrogens with two attached hydrogens (primary N) is 1. The van der Waals surface area contributed by atoms with E-state index in [0.29, 0.717) is 29.3 Å². The van der Waals surface area contributed by atoms with E-state index in [1.165, 1.54) is 0 Å². The standard InChI is InChI=1S/C15H15N3O3/c1-10-14(15(19)18-17)8-13(21-10)9-20-12-4-2-11(3-5-12)6-7-16/h2-5,8H,6,9,17H2,1H3,(H,18,19).